The molecule has 1 N–H and O–H groups in total. The van der Waals surface area contributed by atoms with Gasteiger partial charge in [0.1, 0.15) is 11.5 Å². The number of carbonyl (C=O) groups excluding carboxylic acids is 2. The van der Waals surface area contributed by atoms with Crippen molar-refractivity contribution in [1.29, 1.82) is 0 Å². The minimum absolute atomic E-state index is 0.0879. The number of benzene rings is 2. The van der Waals surface area contributed by atoms with Crippen molar-refractivity contribution in [3.63, 3.8) is 0 Å². The largest absolute Gasteiger partial charge is 0.497 e. The number of aryl methyl sites for hydroxylation is 1. The Kier molecular flexibility index (Phi) is 7.30. The molecule has 0 aliphatic carbocycles. The zero-order valence-electron chi connectivity index (χ0n) is 17.8. The first-order valence-corrected chi connectivity index (χ1v) is 10.1. The molecule has 1 aliphatic rings. The topological polar surface area (TPSA) is 71.1 Å². The number of hydrogen-bond acceptors (Lipinski definition) is 5. The van der Waals surface area contributed by atoms with Gasteiger partial charge in [-0.15, -0.1) is 0 Å². The molecule has 7 heteroatoms. The Hall–Kier alpha value is -3.06. The third kappa shape index (κ3) is 5.73. The number of carbonyl (C=O) groups is 2. The molecule has 1 fully saturated rings. The predicted molar refractivity (Wildman–Crippen MR) is 116 cm³/mol. The van der Waals surface area contributed by atoms with Crippen LogP contribution in [-0.2, 0) is 16.0 Å². The minimum Gasteiger partial charge on any atom is -0.497 e. The number of nitrogens with zero attached hydrogens (tertiary/aromatic N) is 2. The molecule has 0 unspecified atom stereocenters. The maximum absolute atomic E-state index is 12.6. The van der Waals surface area contributed by atoms with Crippen LogP contribution >= 0.6 is 0 Å². The van der Waals surface area contributed by atoms with Crippen LogP contribution in [0.3, 0.4) is 0 Å². The molecule has 3 rings (SSSR count). The Morgan fingerprint density at radius 3 is 2.47 bits per heavy atom. The summed E-state index contributed by atoms with van der Waals surface area (Å²) >= 11 is 0. The third-order valence-electron chi connectivity index (χ3n) is 5.21. The van der Waals surface area contributed by atoms with E-state index >= 15 is 0 Å². The molecule has 30 heavy (non-hydrogen) atoms. The minimum atomic E-state index is -0.0879. The van der Waals surface area contributed by atoms with Crippen LogP contribution in [0, 0.1) is 6.92 Å². The number of ether oxygens (including phenoxy) is 2. The van der Waals surface area contributed by atoms with Crippen LogP contribution < -0.4 is 14.8 Å². The number of methoxy groups -OCH3 is 2. The van der Waals surface area contributed by atoms with Crippen molar-refractivity contribution in [2.24, 2.45) is 0 Å². The highest BCUT2D eigenvalue weighted by atomic mass is 16.5. The lowest BCUT2D eigenvalue weighted by molar-refractivity contribution is -0.132. The summed E-state index contributed by atoms with van der Waals surface area (Å²) in [4.78, 5) is 29.0. The first-order chi connectivity index (χ1) is 14.5. The van der Waals surface area contributed by atoms with Crippen LogP contribution in [0.1, 0.15) is 11.1 Å². The van der Waals surface area contributed by atoms with Crippen molar-refractivity contribution >= 4 is 17.5 Å². The van der Waals surface area contributed by atoms with E-state index < -0.39 is 0 Å². The van der Waals surface area contributed by atoms with Gasteiger partial charge in [-0.1, -0.05) is 18.2 Å². The molecule has 0 spiro atoms. The highest BCUT2D eigenvalue weighted by Crippen LogP contribution is 2.25. The van der Waals surface area contributed by atoms with Gasteiger partial charge in [-0.3, -0.25) is 14.5 Å². The zero-order valence-corrected chi connectivity index (χ0v) is 17.8. The maximum atomic E-state index is 12.6. The fraction of sp³-hybridized carbons (Fsp3) is 0.391. The van der Waals surface area contributed by atoms with E-state index in [-0.39, 0.29) is 18.4 Å². The van der Waals surface area contributed by atoms with Gasteiger partial charge in [-0.2, -0.15) is 0 Å². The quantitative estimate of drug-likeness (QED) is 0.757. The van der Waals surface area contributed by atoms with Gasteiger partial charge in [-0.05, 0) is 42.3 Å². The van der Waals surface area contributed by atoms with Gasteiger partial charge in [-0.25, -0.2) is 0 Å². The lowest BCUT2D eigenvalue weighted by Crippen LogP contribution is -2.50. The molecule has 0 saturated carbocycles. The smallest absolute Gasteiger partial charge is 0.238 e. The summed E-state index contributed by atoms with van der Waals surface area (Å²) in [5.41, 5.74) is 2.66. The fourth-order valence-electron chi connectivity index (χ4n) is 3.54. The second-order valence-electron chi connectivity index (χ2n) is 7.44. The summed E-state index contributed by atoms with van der Waals surface area (Å²) in [5, 5.41) is 2.93. The van der Waals surface area contributed by atoms with E-state index in [4.69, 9.17) is 9.47 Å². The zero-order chi connectivity index (χ0) is 21.5. The third-order valence-corrected chi connectivity index (χ3v) is 5.21. The van der Waals surface area contributed by atoms with E-state index in [1.807, 2.05) is 54.3 Å². The summed E-state index contributed by atoms with van der Waals surface area (Å²) < 4.78 is 10.5. The van der Waals surface area contributed by atoms with Crippen LogP contribution in [0.2, 0.25) is 0 Å². The molecule has 160 valence electrons. The monoisotopic (exact) mass is 411 g/mol. The second kappa shape index (κ2) is 10.1. The van der Waals surface area contributed by atoms with Crippen LogP contribution in [0.15, 0.2) is 42.5 Å². The van der Waals surface area contributed by atoms with Gasteiger partial charge in [0.15, 0.2) is 0 Å². The number of amides is 2. The Morgan fingerprint density at radius 2 is 1.77 bits per heavy atom. The van der Waals surface area contributed by atoms with E-state index in [0.717, 1.165) is 16.9 Å². The maximum Gasteiger partial charge on any atom is 0.238 e. The van der Waals surface area contributed by atoms with E-state index in [1.165, 1.54) is 0 Å². The van der Waals surface area contributed by atoms with Crippen molar-refractivity contribution < 1.29 is 19.1 Å². The van der Waals surface area contributed by atoms with E-state index in [0.29, 0.717) is 44.0 Å². The van der Waals surface area contributed by atoms with Crippen molar-refractivity contribution in [1.82, 2.24) is 9.80 Å². The van der Waals surface area contributed by atoms with Crippen molar-refractivity contribution in [2.75, 3.05) is 52.3 Å². The molecule has 0 radical (unpaired) electrons. The fourth-order valence-corrected chi connectivity index (χ4v) is 3.54. The summed E-state index contributed by atoms with van der Waals surface area (Å²) in [7, 11) is 3.20. The molecule has 2 amide bonds. The molecule has 1 heterocycles. The second-order valence-corrected chi connectivity index (χ2v) is 7.44. The van der Waals surface area contributed by atoms with Crippen LogP contribution in [0.25, 0.3) is 0 Å². The average molecular weight is 412 g/mol. The summed E-state index contributed by atoms with van der Waals surface area (Å²) in [6, 6.07) is 13.3. The highest BCUT2D eigenvalue weighted by Gasteiger charge is 2.23. The lowest BCUT2D eigenvalue weighted by Gasteiger charge is -2.34. The van der Waals surface area contributed by atoms with Crippen molar-refractivity contribution in [2.45, 2.75) is 13.3 Å². The van der Waals surface area contributed by atoms with Gasteiger partial charge in [0.25, 0.3) is 0 Å². The Morgan fingerprint density at radius 1 is 1.00 bits per heavy atom. The first-order valence-electron chi connectivity index (χ1n) is 10.1. The number of anilines is 1. The first kappa shape index (κ1) is 21.6. The highest BCUT2D eigenvalue weighted by molar-refractivity contribution is 5.93. The number of piperazine rings is 1. The van der Waals surface area contributed by atoms with Crippen molar-refractivity contribution in [3.05, 3.63) is 53.6 Å². The molecule has 1 saturated heterocycles. The van der Waals surface area contributed by atoms with Gasteiger partial charge < -0.3 is 19.7 Å². The van der Waals surface area contributed by atoms with E-state index in [9.17, 15) is 9.59 Å². The molecular formula is C23H29N3O4. The molecule has 0 atom stereocenters. The van der Waals surface area contributed by atoms with E-state index in [2.05, 4.69) is 10.2 Å². The standard InChI is InChI=1S/C23H29N3O4/c1-17-7-8-21(30-3)20(13-17)24-22(27)16-25-9-11-26(12-10-25)23(28)15-18-5-4-6-19(14-18)29-2/h4-8,13-14H,9-12,15-16H2,1-3H3,(H,24,27). The summed E-state index contributed by atoms with van der Waals surface area (Å²) in [5.74, 6) is 1.40. The van der Waals surface area contributed by atoms with Gasteiger partial charge >= 0.3 is 0 Å². The van der Waals surface area contributed by atoms with E-state index in [1.54, 1.807) is 14.2 Å². The lowest BCUT2D eigenvalue weighted by atomic mass is 10.1. The Bertz CT molecular complexity index is 892. The normalized spacial score (nSPS) is 14.3. The van der Waals surface area contributed by atoms with Crippen LogP contribution in [0.5, 0.6) is 11.5 Å². The summed E-state index contributed by atoms with van der Waals surface area (Å²) in [6.07, 6.45) is 0.352. The molecule has 7 nitrogen and oxygen atoms in total. The van der Waals surface area contributed by atoms with Gasteiger partial charge in [0.05, 0.1) is 32.9 Å². The van der Waals surface area contributed by atoms with Crippen molar-refractivity contribution in [3.8, 4) is 11.5 Å². The predicted octanol–water partition coefficient (Wildman–Crippen LogP) is 2.34. The molecule has 2 aromatic rings. The molecule has 0 aromatic heterocycles. The molecule has 0 bridgehead atoms. The van der Waals surface area contributed by atoms with Gasteiger partial charge in [0.2, 0.25) is 11.8 Å². The molecular weight excluding hydrogens is 382 g/mol. The molecule has 2 aromatic carbocycles. The Labute approximate surface area is 177 Å². The van der Waals surface area contributed by atoms with Gasteiger partial charge in [0, 0.05) is 26.2 Å². The van der Waals surface area contributed by atoms with Crippen LogP contribution in [-0.4, -0.2) is 68.6 Å². The number of rotatable bonds is 7. The number of nitrogens with one attached hydrogen (secondary N) is 1. The average Bonchev–Trinajstić information content (AvgIpc) is 2.74. The molecule has 1 aliphatic heterocycles. The SMILES string of the molecule is COc1cccc(CC(=O)N2CCN(CC(=O)Nc3cc(C)ccc3OC)CC2)c1. The van der Waals surface area contributed by atoms with Crippen LogP contribution in [0.4, 0.5) is 5.69 Å². The summed E-state index contributed by atoms with van der Waals surface area (Å²) in [6.45, 7) is 4.82. The number of hydrogen-bond donors (Lipinski definition) is 1. The Balaban J connectivity index is 1.47.